The molecule has 1 unspecified atom stereocenters. The molecule has 1 aliphatic heterocycles. The first-order valence-corrected chi connectivity index (χ1v) is 9.35. The summed E-state index contributed by atoms with van der Waals surface area (Å²) in [7, 11) is 0. The number of carbonyl (C=O) groups is 2. The van der Waals surface area contributed by atoms with E-state index >= 15 is 0 Å². The summed E-state index contributed by atoms with van der Waals surface area (Å²) in [4.78, 5) is 24.8. The number of benzene rings is 2. The SMILES string of the molecule is Cc1ccc(C(=O)NC2CC2)cc1NC(=O)C1NN=C(c2ccc(Cl)cc2)O1. The van der Waals surface area contributed by atoms with Crippen LogP contribution in [0, 0.1) is 6.92 Å². The third kappa shape index (κ3) is 4.09. The first kappa shape index (κ1) is 18.3. The van der Waals surface area contributed by atoms with Crippen LogP contribution in [0.3, 0.4) is 0 Å². The van der Waals surface area contributed by atoms with Crippen LogP contribution in [0.2, 0.25) is 5.02 Å². The van der Waals surface area contributed by atoms with Crippen molar-refractivity contribution in [3.8, 4) is 0 Å². The van der Waals surface area contributed by atoms with E-state index in [0.717, 1.165) is 18.4 Å². The molecule has 0 radical (unpaired) electrons. The average molecular weight is 399 g/mol. The van der Waals surface area contributed by atoms with Gasteiger partial charge in [0.05, 0.1) is 0 Å². The Morgan fingerprint density at radius 1 is 1.18 bits per heavy atom. The summed E-state index contributed by atoms with van der Waals surface area (Å²) in [6.45, 7) is 1.86. The minimum absolute atomic E-state index is 0.137. The Morgan fingerprint density at radius 3 is 2.64 bits per heavy atom. The Labute approximate surface area is 167 Å². The summed E-state index contributed by atoms with van der Waals surface area (Å²) in [5.41, 5.74) is 5.28. The van der Waals surface area contributed by atoms with E-state index in [0.29, 0.717) is 27.7 Å². The number of ether oxygens (including phenoxy) is 1. The molecule has 0 bridgehead atoms. The Hall–Kier alpha value is -3.06. The van der Waals surface area contributed by atoms with Gasteiger partial charge in [-0.1, -0.05) is 17.7 Å². The zero-order chi connectivity index (χ0) is 19.7. The molecular formula is C20H19ClN4O3. The number of nitrogens with zero attached hydrogens (tertiary/aromatic N) is 1. The second-order valence-electron chi connectivity index (χ2n) is 6.82. The van der Waals surface area contributed by atoms with Gasteiger partial charge in [0, 0.05) is 27.9 Å². The lowest BCUT2D eigenvalue weighted by atomic mass is 10.1. The van der Waals surface area contributed by atoms with Gasteiger partial charge in [-0.05, 0) is 61.7 Å². The normalized spacial score (nSPS) is 17.9. The zero-order valence-electron chi connectivity index (χ0n) is 15.2. The van der Waals surface area contributed by atoms with Gasteiger partial charge >= 0.3 is 0 Å². The molecule has 0 saturated heterocycles. The first-order valence-electron chi connectivity index (χ1n) is 8.98. The highest BCUT2D eigenvalue weighted by atomic mass is 35.5. The van der Waals surface area contributed by atoms with Crippen molar-refractivity contribution in [2.75, 3.05) is 5.32 Å². The largest absolute Gasteiger partial charge is 0.441 e. The van der Waals surface area contributed by atoms with E-state index in [9.17, 15) is 9.59 Å². The lowest BCUT2D eigenvalue weighted by Gasteiger charge is -2.14. The molecule has 0 spiro atoms. The lowest BCUT2D eigenvalue weighted by molar-refractivity contribution is -0.123. The molecule has 2 aromatic rings. The fourth-order valence-electron chi connectivity index (χ4n) is 2.71. The minimum Gasteiger partial charge on any atom is -0.441 e. The molecule has 28 heavy (non-hydrogen) atoms. The number of anilines is 1. The van der Waals surface area contributed by atoms with Crippen LogP contribution in [0.15, 0.2) is 47.6 Å². The van der Waals surface area contributed by atoms with Crippen LogP contribution in [-0.2, 0) is 9.53 Å². The van der Waals surface area contributed by atoms with Crippen molar-refractivity contribution in [2.45, 2.75) is 32.0 Å². The van der Waals surface area contributed by atoms with Crippen molar-refractivity contribution < 1.29 is 14.3 Å². The van der Waals surface area contributed by atoms with Crippen LogP contribution in [0.4, 0.5) is 5.69 Å². The summed E-state index contributed by atoms with van der Waals surface area (Å²) >= 11 is 5.88. The molecule has 1 fully saturated rings. The Kier molecular flexibility index (Phi) is 4.92. The number of rotatable bonds is 5. The minimum atomic E-state index is -0.964. The molecule has 0 aromatic heterocycles. The lowest BCUT2D eigenvalue weighted by Crippen LogP contribution is -2.37. The van der Waals surface area contributed by atoms with Gasteiger partial charge in [-0.25, -0.2) is 0 Å². The van der Waals surface area contributed by atoms with Crippen LogP contribution in [0.1, 0.15) is 34.3 Å². The van der Waals surface area contributed by atoms with E-state index in [1.165, 1.54) is 0 Å². The van der Waals surface area contributed by atoms with E-state index < -0.39 is 12.1 Å². The number of carbonyl (C=O) groups excluding carboxylic acids is 2. The summed E-state index contributed by atoms with van der Waals surface area (Å²) in [5, 5.41) is 10.4. The number of hydrogen-bond donors (Lipinski definition) is 3. The monoisotopic (exact) mass is 398 g/mol. The average Bonchev–Trinajstić information content (AvgIpc) is 3.35. The molecule has 7 nitrogen and oxygen atoms in total. The van der Waals surface area contributed by atoms with Crippen LogP contribution in [0.25, 0.3) is 0 Å². The van der Waals surface area contributed by atoms with Gasteiger partial charge in [-0.2, -0.15) is 0 Å². The van der Waals surface area contributed by atoms with Crippen molar-refractivity contribution >= 4 is 35.0 Å². The van der Waals surface area contributed by atoms with E-state index in [1.807, 2.05) is 6.92 Å². The standard InChI is InChI=1S/C20H19ClN4O3/c1-11-2-3-13(17(26)22-15-8-9-15)10-16(11)23-18(27)20-25-24-19(28-20)12-4-6-14(21)7-5-12/h2-7,10,15,20,25H,8-9H2,1H3,(H,22,26)(H,23,27). The quantitative estimate of drug-likeness (QED) is 0.722. The zero-order valence-corrected chi connectivity index (χ0v) is 15.9. The molecule has 1 saturated carbocycles. The maximum atomic E-state index is 12.6. The fraction of sp³-hybridized carbons (Fsp3) is 0.250. The van der Waals surface area contributed by atoms with Gasteiger partial charge in [-0.15, -0.1) is 5.10 Å². The Morgan fingerprint density at radius 2 is 1.93 bits per heavy atom. The van der Waals surface area contributed by atoms with Gasteiger partial charge in [0.2, 0.25) is 5.90 Å². The summed E-state index contributed by atoms with van der Waals surface area (Å²) in [6.07, 6.45) is 1.07. The van der Waals surface area contributed by atoms with Crippen molar-refractivity contribution in [3.05, 3.63) is 64.2 Å². The molecule has 1 heterocycles. The fourth-order valence-corrected chi connectivity index (χ4v) is 2.84. The maximum Gasteiger partial charge on any atom is 0.288 e. The highest BCUT2D eigenvalue weighted by molar-refractivity contribution is 6.30. The van der Waals surface area contributed by atoms with E-state index in [4.69, 9.17) is 16.3 Å². The number of hydrazone groups is 1. The van der Waals surface area contributed by atoms with Crippen LogP contribution < -0.4 is 16.1 Å². The van der Waals surface area contributed by atoms with Crippen LogP contribution in [-0.4, -0.2) is 30.0 Å². The van der Waals surface area contributed by atoms with Crippen molar-refractivity contribution in [1.29, 1.82) is 0 Å². The highest BCUT2D eigenvalue weighted by Crippen LogP contribution is 2.22. The number of hydrogen-bond acceptors (Lipinski definition) is 5. The van der Waals surface area contributed by atoms with Crippen LogP contribution >= 0.6 is 11.6 Å². The molecule has 8 heteroatoms. The van der Waals surface area contributed by atoms with Crippen molar-refractivity contribution in [3.63, 3.8) is 0 Å². The number of nitrogens with one attached hydrogen (secondary N) is 3. The van der Waals surface area contributed by atoms with Gasteiger partial charge in [0.25, 0.3) is 18.0 Å². The van der Waals surface area contributed by atoms with Gasteiger partial charge in [-0.3, -0.25) is 15.0 Å². The maximum absolute atomic E-state index is 12.6. The molecule has 144 valence electrons. The van der Waals surface area contributed by atoms with Crippen molar-refractivity contribution in [1.82, 2.24) is 10.7 Å². The summed E-state index contributed by atoms with van der Waals surface area (Å²) < 4.78 is 5.60. The molecule has 2 aliphatic rings. The predicted octanol–water partition coefficient (Wildman–Crippen LogP) is 2.79. The van der Waals surface area contributed by atoms with E-state index in [2.05, 4.69) is 21.2 Å². The van der Waals surface area contributed by atoms with Crippen LogP contribution in [0.5, 0.6) is 0 Å². The number of aryl methyl sites for hydroxylation is 1. The molecule has 2 aromatic carbocycles. The highest BCUT2D eigenvalue weighted by Gasteiger charge is 2.28. The second-order valence-corrected chi connectivity index (χ2v) is 7.25. The van der Waals surface area contributed by atoms with Gasteiger partial charge < -0.3 is 15.4 Å². The molecule has 3 N–H and O–H groups in total. The van der Waals surface area contributed by atoms with E-state index in [1.54, 1.807) is 42.5 Å². The third-order valence-electron chi connectivity index (χ3n) is 4.51. The first-order chi connectivity index (χ1) is 13.5. The number of halogens is 1. The Balaban J connectivity index is 1.41. The van der Waals surface area contributed by atoms with Crippen molar-refractivity contribution in [2.24, 2.45) is 5.10 Å². The second kappa shape index (κ2) is 7.52. The number of amides is 2. The smallest absolute Gasteiger partial charge is 0.288 e. The molecule has 4 rings (SSSR count). The topological polar surface area (TPSA) is 91.8 Å². The molecule has 1 aliphatic carbocycles. The summed E-state index contributed by atoms with van der Waals surface area (Å²) in [6, 6.07) is 12.4. The summed E-state index contributed by atoms with van der Waals surface area (Å²) in [5.74, 6) is -0.233. The van der Waals surface area contributed by atoms with Gasteiger partial charge in [0.1, 0.15) is 0 Å². The van der Waals surface area contributed by atoms with Gasteiger partial charge in [0.15, 0.2) is 0 Å². The molecule has 2 amide bonds. The predicted molar refractivity (Wildman–Crippen MR) is 106 cm³/mol. The van der Waals surface area contributed by atoms with E-state index in [-0.39, 0.29) is 11.9 Å². The molecule has 1 atom stereocenters. The molecular weight excluding hydrogens is 380 g/mol. The third-order valence-corrected chi connectivity index (χ3v) is 4.76. The Bertz CT molecular complexity index is 954.